The Balaban J connectivity index is 4.35. The number of hydrogen-bond donors (Lipinski definition) is 0. The summed E-state index contributed by atoms with van der Waals surface area (Å²) in [6.45, 7) is 6.33. The second-order valence-corrected chi connectivity index (χ2v) is 16.4. The molecule has 1 unspecified atom stereocenters. The molecule has 1 atom stereocenters. The second-order valence-electron chi connectivity index (χ2n) is 16.4. The van der Waals surface area contributed by atoms with Gasteiger partial charge < -0.3 is 14.2 Å². The molecule has 6 nitrogen and oxygen atoms in total. The summed E-state index contributed by atoms with van der Waals surface area (Å²) in [5.74, 6) is -0.955. The third-order valence-corrected chi connectivity index (χ3v) is 10.6. The largest absolute Gasteiger partial charge is 0.462 e. The normalized spacial score (nSPS) is 12.7. The highest BCUT2D eigenvalue weighted by atomic mass is 16.6. The molecule has 0 bridgehead atoms. The lowest BCUT2D eigenvalue weighted by molar-refractivity contribution is -0.167. The van der Waals surface area contributed by atoms with E-state index in [1.807, 2.05) is 24.3 Å². The third-order valence-electron chi connectivity index (χ3n) is 10.6. The van der Waals surface area contributed by atoms with Gasteiger partial charge in [0, 0.05) is 19.3 Å². The van der Waals surface area contributed by atoms with Gasteiger partial charge in [0.05, 0.1) is 0 Å². The van der Waals surface area contributed by atoms with E-state index < -0.39 is 6.10 Å². The second kappa shape index (κ2) is 48.5. The fourth-order valence-electron chi connectivity index (χ4n) is 6.84. The average Bonchev–Trinajstić information content (AvgIpc) is 3.24. The van der Waals surface area contributed by atoms with Crippen LogP contribution in [0.15, 0.2) is 72.9 Å². The number of hydrogen-bond acceptors (Lipinski definition) is 6. The van der Waals surface area contributed by atoms with Crippen LogP contribution in [0.1, 0.15) is 233 Å². The number of carbonyl (C=O) groups is 3. The van der Waals surface area contributed by atoms with Crippen molar-refractivity contribution in [2.45, 2.75) is 239 Å². The summed E-state index contributed by atoms with van der Waals surface area (Å²) in [4.78, 5) is 37.8. The molecule has 0 N–H and O–H groups in total. The number of allylic oxidation sites excluding steroid dienone is 12. The summed E-state index contributed by atoms with van der Waals surface area (Å²) < 4.78 is 16.7. The van der Waals surface area contributed by atoms with Crippen molar-refractivity contribution in [3.63, 3.8) is 0 Å². The lowest BCUT2D eigenvalue weighted by Crippen LogP contribution is -2.30. The molecule has 0 saturated carbocycles. The SMILES string of the molecule is CC\C=C/C=C\C=C/C=C\CCCCCCCC(=O)OC(COC(=O)CCCC/C=C\C/C=C\CC)COC(=O)CCCCCCCCCCCCCCCCCCCC. The summed E-state index contributed by atoms with van der Waals surface area (Å²) in [5, 5.41) is 0. The zero-order valence-corrected chi connectivity index (χ0v) is 39.2. The number of rotatable bonds is 44. The Hall–Kier alpha value is -3.15. The number of carbonyl (C=O) groups excluding carboxylic acids is 3. The van der Waals surface area contributed by atoms with Crippen LogP contribution in [-0.2, 0) is 28.6 Å². The first-order chi connectivity index (χ1) is 29.5. The molecule has 0 radical (unpaired) electrons. The van der Waals surface area contributed by atoms with Gasteiger partial charge in [0.1, 0.15) is 13.2 Å². The first-order valence-corrected chi connectivity index (χ1v) is 25.0. The Labute approximate surface area is 370 Å². The molecule has 0 saturated heterocycles. The van der Waals surface area contributed by atoms with E-state index >= 15 is 0 Å². The summed E-state index contributed by atoms with van der Waals surface area (Å²) in [6, 6.07) is 0. The first kappa shape index (κ1) is 56.9. The van der Waals surface area contributed by atoms with E-state index in [4.69, 9.17) is 14.2 Å². The van der Waals surface area contributed by atoms with Crippen molar-refractivity contribution in [1.82, 2.24) is 0 Å². The van der Waals surface area contributed by atoms with Crippen LogP contribution in [0, 0.1) is 0 Å². The molecular weight excluding hydrogens is 745 g/mol. The Morgan fingerprint density at radius 2 is 0.733 bits per heavy atom. The van der Waals surface area contributed by atoms with Crippen molar-refractivity contribution < 1.29 is 28.6 Å². The Kier molecular flexibility index (Phi) is 46.0. The van der Waals surface area contributed by atoms with Crippen LogP contribution in [0.4, 0.5) is 0 Å². The van der Waals surface area contributed by atoms with Crippen LogP contribution in [0.5, 0.6) is 0 Å². The van der Waals surface area contributed by atoms with Gasteiger partial charge in [-0.2, -0.15) is 0 Å². The standard InChI is InChI=1S/C54H92O6/c1-4-7-10-13-16-19-21-23-25-26-27-29-30-32-35-38-41-44-47-53(56)59-50-51(49-58-52(55)46-43-40-37-34-18-15-12-9-6-3)60-54(57)48-45-42-39-36-33-31-28-24-22-20-17-14-11-8-5-2/h8-9,11-12,14,17-18,20,22,24,28,34,51H,4-7,10,13,15-16,19,21,23,25-27,29-33,35-50H2,1-3H3/b11-8-,12-9-,17-14-,22-20-,28-24-,34-18-. The summed E-state index contributed by atoms with van der Waals surface area (Å²) in [7, 11) is 0. The molecule has 0 aromatic carbocycles. The van der Waals surface area contributed by atoms with Gasteiger partial charge in [0.15, 0.2) is 6.10 Å². The summed E-state index contributed by atoms with van der Waals surface area (Å²) >= 11 is 0. The molecule has 0 amide bonds. The Morgan fingerprint density at radius 3 is 1.23 bits per heavy atom. The van der Waals surface area contributed by atoms with Crippen molar-refractivity contribution in [2.24, 2.45) is 0 Å². The predicted molar refractivity (Wildman–Crippen MR) is 256 cm³/mol. The highest BCUT2D eigenvalue weighted by Gasteiger charge is 2.19. The van der Waals surface area contributed by atoms with Gasteiger partial charge in [-0.05, 0) is 64.2 Å². The van der Waals surface area contributed by atoms with Gasteiger partial charge in [0.25, 0.3) is 0 Å². The molecule has 0 aliphatic rings. The Bertz CT molecular complexity index is 1140. The van der Waals surface area contributed by atoms with Crippen LogP contribution in [0.3, 0.4) is 0 Å². The zero-order chi connectivity index (χ0) is 43.7. The maximum absolute atomic E-state index is 12.7. The van der Waals surface area contributed by atoms with Gasteiger partial charge in [-0.25, -0.2) is 0 Å². The van der Waals surface area contributed by atoms with E-state index in [1.54, 1.807) is 0 Å². The van der Waals surface area contributed by atoms with E-state index in [-0.39, 0.29) is 31.1 Å². The van der Waals surface area contributed by atoms with Gasteiger partial charge in [-0.1, -0.05) is 222 Å². The molecule has 0 rings (SSSR count). The fraction of sp³-hybridized carbons (Fsp3) is 0.722. The van der Waals surface area contributed by atoms with Crippen LogP contribution in [0.2, 0.25) is 0 Å². The lowest BCUT2D eigenvalue weighted by atomic mass is 10.0. The molecule has 0 aliphatic carbocycles. The zero-order valence-electron chi connectivity index (χ0n) is 39.2. The van der Waals surface area contributed by atoms with Crippen molar-refractivity contribution in [1.29, 1.82) is 0 Å². The number of esters is 3. The molecular formula is C54H92O6. The van der Waals surface area contributed by atoms with E-state index in [0.717, 1.165) is 96.3 Å². The van der Waals surface area contributed by atoms with Crippen LogP contribution >= 0.6 is 0 Å². The molecule has 0 spiro atoms. The third kappa shape index (κ3) is 45.9. The molecule has 344 valence electrons. The van der Waals surface area contributed by atoms with E-state index in [1.165, 1.54) is 96.3 Å². The van der Waals surface area contributed by atoms with Crippen molar-refractivity contribution in [3.8, 4) is 0 Å². The molecule has 60 heavy (non-hydrogen) atoms. The number of ether oxygens (including phenoxy) is 3. The smallest absolute Gasteiger partial charge is 0.306 e. The quantitative estimate of drug-likeness (QED) is 0.0200. The first-order valence-electron chi connectivity index (χ1n) is 25.0. The maximum atomic E-state index is 12.7. The molecule has 0 aliphatic heterocycles. The minimum Gasteiger partial charge on any atom is -0.462 e. The topological polar surface area (TPSA) is 78.9 Å². The van der Waals surface area contributed by atoms with Crippen LogP contribution in [0.25, 0.3) is 0 Å². The summed E-state index contributed by atoms with van der Waals surface area (Å²) in [6.07, 6.45) is 60.4. The number of unbranched alkanes of at least 4 members (excludes halogenated alkanes) is 24. The summed E-state index contributed by atoms with van der Waals surface area (Å²) in [5.41, 5.74) is 0. The van der Waals surface area contributed by atoms with Crippen molar-refractivity contribution >= 4 is 17.9 Å². The predicted octanol–water partition coefficient (Wildman–Crippen LogP) is 16.3. The van der Waals surface area contributed by atoms with E-state index in [9.17, 15) is 14.4 Å². The molecule has 6 heteroatoms. The molecule has 0 aromatic heterocycles. The average molecular weight is 837 g/mol. The van der Waals surface area contributed by atoms with Crippen LogP contribution in [-0.4, -0.2) is 37.2 Å². The monoisotopic (exact) mass is 837 g/mol. The Morgan fingerprint density at radius 1 is 0.367 bits per heavy atom. The van der Waals surface area contributed by atoms with Crippen molar-refractivity contribution in [2.75, 3.05) is 13.2 Å². The minimum atomic E-state index is -0.797. The highest BCUT2D eigenvalue weighted by molar-refractivity contribution is 5.71. The molecule has 0 aromatic rings. The van der Waals surface area contributed by atoms with Gasteiger partial charge >= 0.3 is 17.9 Å². The molecule has 0 heterocycles. The lowest BCUT2D eigenvalue weighted by Gasteiger charge is -2.18. The minimum absolute atomic E-state index is 0.0942. The maximum Gasteiger partial charge on any atom is 0.306 e. The van der Waals surface area contributed by atoms with E-state index in [2.05, 4.69) is 69.4 Å². The molecule has 0 fully saturated rings. The van der Waals surface area contributed by atoms with Gasteiger partial charge in [0.2, 0.25) is 0 Å². The van der Waals surface area contributed by atoms with Gasteiger partial charge in [-0.3, -0.25) is 14.4 Å². The van der Waals surface area contributed by atoms with E-state index in [0.29, 0.717) is 19.3 Å². The van der Waals surface area contributed by atoms with Crippen LogP contribution < -0.4 is 0 Å². The highest BCUT2D eigenvalue weighted by Crippen LogP contribution is 2.15. The van der Waals surface area contributed by atoms with Crippen molar-refractivity contribution in [3.05, 3.63) is 72.9 Å². The fourth-order valence-corrected chi connectivity index (χ4v) is 6.84. The van der Waals surface area contributed by atoms with Gasteiger partial charge in [-0.15, -0.1) is 0 Å².